The summed E-state index contributed by atoms with van der Waals surface area (Å²) >= 11 is 0. The van der Waals surface area contributed by atoms with Crippen LogP contribution >= 0.6 is 23.5 Å². The summed E-state index contributed by atoms with van der Waals surface area (Å²) in [5.41, 5.74) is -0.0476. The van der Waals surface area contributed by atoms with Crippen LogP contribution in [0.3, 0.4) is 0 Å². The summed E-state index contributed by atoms with van der Waals surface area (Å²) in [6, 6.07) is 22.7. The van der Waals surface area contributed by atoms with E-state index in [0.29, 0.717) is 0 Å². The van der Waals surface area contributed by atoms with Gasteiger partial charge in [-0.25, -0.2) is 28.1 Å². The van der Waals surface area contributed by atoms with Crippen molar-refractivity contribution in [2.45, 2.75) is 78.2 Å². The molecule has 21 heteroatoms. The van der Waals surface area contributed by atoms with E-state index in [9.17, 15) is 28.1 Å². The number of phosphoric ester groups is 3. The molecule has 3 aromatic rings. The smallest absolute Gasteiger partial charge is 0.453 e. The standard InChI is InChI=1S/C39H51O18P3/c1-7-46-58(43,47-8-2)55-34-31(52-37(40)28-22-16-13-17-23-28)32(53-38(41)29-24-18-14-19-25-29)35(56-59(44,48-9-3)49-10-4)36(57-60(45,50-11-5)51-12-6)33(34)54-39(42)30-26-20-15-21-27-30/h13-27,31-36H,7-12H2,1-6H3/t31-,32+,33+,34-,35-,36-/m1/s1. The minimum absolute atomic E-state index is 0.0117. The van der Waals surface area contributed by atoms with Crippen molar-refractivity contribution in [1.82, 2.24) is 0 Å². The lowest BCUT2D eigenvalue weighted by Gasteiger charge is -2.48. The molecule has 0 aromatic heterocycles. The maximum atomic E-state index is 14.4. The van der Waals surface area contributed by atoms with E-state index in [1.807, 2.05) is 0 Å². The van der Waals surface area contributed by atoms with Gasteiger partial charge in [0.25, 0.3) is 0 Å². The number of ether oxygens (including phenoxy) is 3. The van der Waals surface area contributed by atoms with Crippen LogP contribution in [0.2, 0.25) is 0 Å². The van der Waals surface area contributed by atoms with Crippen molar-refractivity contribution >= 4 is 41.4 Å². The third-order valence-corrected chi connectivity index (χ3v) is 13.1. The third kappa shape index (κ3) is 13.4. The number of rotatable bonds is 24. The van der Waals surface area contributed by atoms with Gasteiger partial charge in [-0.2, -0.15) is 0 Å². The van der Waals surface area contributed by atoms with Gasteiger partial charge in [0.2, 0.25) is 0 Å². The topological polar surface area (TPSA) is 213 Å². The van der Waals surface area contributed by atoms with Gasteiger partial charge in [0.15, 0.2) is 18.3 Å². The van der Waals surface area contributed by atoms with Crippen molar-refractivity contribution in [3.05, 3.63) is 108 Å². The molecule has 3 aromatic carbocycles. The average molecular weight is 901 g/mol. The van der Waals surface area contributed by atoms with Crippen LogP contribution in [-0.2, 0) is 68.6 Å². The van der Waals surface area contributed by atoms with Crippen LogP contribution in [0, 0.1) is 0 Å². The molecule has 0 bridgehead atoms. The quantitative estimate of drug-likeness (QED) is 0.0469. The molecule has 0 radical (unpaired) electrons. The first-order valence-electron chi connectivity index (χ1n) is 19.3. The average Bonchev–Trinajstić information content (AvgIpc) is 3.23. The Morgan fingerprint density at radius 3 is 0.783 bits per heavy atom. The van der Waals surface area contributed by atoms with Gasteiger partial charge in [-0.1, -0.05) is 54.6 Å². The molecule has 6 atom stereocenters. The van der Waals surface area contributed by atoms with Gasteiger partial charge in [-0.15, -0.1) is 0 Å². The zero-order valence-electron chi connectivity index (χ0n) is 34.1. The highest BCUT2D eigenvalue weighted by molar-refractivity contribution is 7.49. The number of esters is 3. The monoisotopic (exact) mass is 900 g/mol. The zero-order chi connectivity index (χ0) is 43.8. The Morgan fingerprint density at radius 1 is 0.367 bits per heavy atom. The first-order chi connectivity index (χ1) is 28.8. The Morgan fingerprint density at radius 2 is 0.567 bits per heavy atom. The van der Waals surface area contributed by atoms with Crippen LogP contribution in [0.4, 0.5) is 0 Å². The molecule has 1 fully saturated rings. The number of phosphoric acid groups is 3. The van der Waals surface area contributed by atoms with Crippen molar-refractivity contribution in [1.29, 1.82) is 0 Å². The lowest BCUT2D eigenvalue weighted by atomic mass is 9.84. The first kappa shape index (κ1) is 49.1. The third-order valence-electron chi connectivity index (χ3n) is 8.18. The maximum absolute atomic E-state index is 14.4. The summed E-state index contributed by atoms with van der Waals surface area (Å²) in [4.78, 5) is 42.3. The van der Waals surface area contributed by atoms with Crippen molar-refractivity contribution in [3.63, 3.8) is 0 Å². The highest BCUT2D eigenvalue weighted by Gasteiger charge is 2.63. The van der Waals surface area contributed by atoms with E-state index in [4.69, 9.17) is 54.9 Å². The van der Waals surface area contributed by atoms with Crippen molar-refractivity contribution in [2.75, 3.05) is 39.6 Å². The molecule has 0 aliphatic heterocycles. The highest BCUT2D eigenvalue weighted by Crippen LogP contribution is 2.59. The summed E-state index contributed by atoms with van der Waals surface area (Å²) in [6.07, 6.45) is -12.4. The molecule has 1 saturated carbocycles. The van der Waals surface area contributed by atoms with E-state index < -0.39 is 78.0 Å². The van der Waals surface area contributed by atoms with Crippen LogP contribution in [0.1, 0.15) is 72.6 Å². The summed E-state index contributed by atoms with van der Waals surface area (Å²) < 4.78 is 113. The Kier molecular flexibility index (Phi) is 19.3. The molecule has 1 aliphatic rings. The molecule has 18 nitrogen and oxygen atoms in total. The lowest BCUT2D eigenvalue weighted by molar-refractivity contribution is -0.215. The van der Waals surface area contributed by atoms with Crippen LogP contribution < -0.4 is 0 Å². The van der Waals surface area contributed by atoms with Gasteiger partial charge in [-0.3, -0.25) is 40.7 Å². The SMILES string of the molecule is CCOP(=O)(OCC)O[C@@H]1[C@H](OC(=O)c2ccccc2)[C@H](OC(=O)c2ccccc2)[C@@H](OP(=O)(OCC)OCC)[C@H](OP(=O)(OCC)OCC)[C@H]1OC(=O)c1ccccc1. The van der Waals surface area contributed by atoms with E-state index in [0.717, 1.165) is 0 Å². The van der Waals surface area contributed by atoms with E-state index in [-0.39, 0.29) is 56.3 Å². The highest BCUT2D eigenvalue weighted by atomic mass is 31.2. The van der Waals surface area contributed by atoms with Gasteiger partial charge in [0, 0.05) is 0 Å². The summed E-state index contributed by atoms with van der Waals surface area (Å²) in [6.45, 7) is 7.53. The molecule has 4 rings (SSSR count). The second-order valence-corrected chi connectivity index (χ2v) is 17.1. The molecule has 0 amide bonds. The second-order valence-electron chi connectivity index (χ2n) is 12.3. The lowest BCUT2D eigenvalue weighted by Crippen LogP contribution is -2.68. The van der Waals surface area contributed by atoms with Crippen LogP contribution in [0.5, 0.6) is 0 Å². The first-order valence-corrected chi connectivity index (χ1v) is 23.7. The Balaban J connectivity index is 2.11. The van der Waals surface area contributed by atoms with Gasteiger partial charge >= 0.3 is 41.4 Å². The van der Waals surface area contributed by atoms with E-state index >= 15 is 0 Å². The maximum Gasteiger partial charge on any atom is 0.475 e. The summed E-state index contributed by atoms with van der Waals surface area (Å²) in [5.74, 6) is -3.15. The van der Waals surface area contributed by atoms with Gasteiger partial charge in [0.1, 0.15) is 18.3 Å². The number of benzene rings is 3. The van der Waals surface area contributed by atoms with Gasteiger partial charge in [-0.05, 0) is 77.9 Å². The van der Waals surface area contributed by atoms with E-state index in [1.54, 1.807) is 54.6 Å². The predicted molar refractivity (Wildman–Crippen MR) is 214 cm³/mol. The Labute approximate surface area is 349 Å². The minimum Gasteiger partial charge on any atom is -0.453 e. The Bertz CT molecular complexity index is 1920. The molecule has 0 saturated heterocycles. The molecular formula is C39H51O18P3. The summed E-state index contributed by atoms with van der Waals surface area (Å²) in [5, 5.41) is 0. The second kappa shape index (κ2) is 23.6. The van der Waals surface area contributed by atoms with Gasteiger partial charge < -0.3 is 14.2 Å². The normalized spacial score (nSPS) is 20.9. The molecule has 1 aliphatic carbocycles. The van der Waals surface area contributed by atoms with E-state index in [1.165, 1.54) is 77.9 Å². The molecule has 0 spiro atoms. The van der Waals surface area contributed by atoms with Gasteiger partial charge in [0.05, 0.1) is 56.3 Å². The van der Waals surface area contributed by atoms with Crippen molar-refractivity contribution in [2.24, 2.45) is 0 Å². The van der Waals surface area contributed by atoms with Crippen molar-refractivity contribution < 1.29 is 83.0 Å². The van der Waals surface area contributed by atoms with Crippen molar-refractivity contribution in [3.8, 4) is 0 Å². The zero-order valence-corrected chi connectivity index (χ0v) is 36.7. The minimum atomic E-state index is -4.77. The molecular weight excluding hydrogens is 849 g/mol. The number of carbonyl (C=O) groups is 3. The fourth-order valence-electron chi connectivity index (χ4n) is 5.87. The predicted octanol–water partition coefficient (Wildman–Crippen LogP) is 8.38. The van der Waals surface area contributed by atoms with Crippen LogP contribution in [0.25, 0.3) is 0 Å². The molecule has 0 heterocycles. The Hall–Kier alpha value is -3.60. The number of hydrogen-bond acceptors (Lipinski definition) is 18. The number of carbonyl (C=O) groups excluding carboxylic acids is 3. The van der Waals surface area contributed by atoms with Crippen LogP contribution in [0.15, 0.2) is 91.0 Å². The molecule has 0 N–H and O–H groups in total. The summed E-state index contributed by atoms with van der Waals surface area (Å²) in [7, 11) is -14.3. The molecule has 330 valence electrons. The molecule has 60 heavy (non-hydrogen) atoms. The van der Waals surface area contributed by atoms with Crippen LogP contribution in [-0.4, -0.2) is 94.2 Å². The van der Waals surface area contributed by atoms with E-state index in [2.05, 4.69) is 0 Å². The fraction of sp³-hybridized carbons (Fsp3) is 0.462. The molecule has 0 unspecified atom stereocenters. The largest absolute Gasteiger partial charge is 0.475 e. The fourth-order valence-corrected chi connectivity index (χ4v) is 9.97. The number of hydrogen-bond donors (Lipinski definition) is 0.